The van der Waals surface area contributed by atoms with Crippen molar-refractivity contribution in [2.24, 2.45) is 0 Å². The molecule has 1 saturated heterocycles. The van der Waals surface area contributed by atoms with Crippen molar-refractivity contribution in [3.8, 4) is 0 Å². The summed E-state index contributed by atoms with van der Waals surface area (Å²) in [4.78, 5) is 13.8. The molecule has 1 aliphatic heterocycles. The van der Waals surface area contributed by atoms with Gasteiger partial charge in [-0.3, -0.25) is 0 Å². The average Bonchev–Trinajstić information content (AvgIpc) is 2.82. The van der Waals surface area contributed by atoms with Gasteiger partial charge in [0.2, 0.25) is 0 Å². The lowest BCUT2D eigenvalue weighted by atomic mass is 10.1. The number of likely N-dealkylation sites (N-methyl/N-ethyl adjacent to an activating group) is 1. The molecule has 2 aromatic rings. The summed E-state index contributed by atoms with van der Waals surface area (Å²) in [6.45, 7) is 7.54. The van der Waals surface area contributed by atoms with Gasteiger partial charge < -0.3 is 10.2 Å². The zero-order valence-corrected chi connectivity index (χ0v) is 12.3. The molecule has 4 nitrogen and oxygen atoms in total. The molecule has 0 saturated carbocycles. The van der Waals surface area contributed by atoms with Crippen molar-refractivity contribution in [3.05, 3.63) is 17.3 Å². The number of hydrogen-bond acceptors (Lipinski definition) is 5. The zero-order chi connectivity index (χ0) is 13.2. The molecule has 0 aliphatic carbocycles. The quantitative estimate of drug-likeness (QED) is 0.935. The second-order valence-electron chi connectivity index (χ2n) is 5.06. The number of nitrogens with zero attached hydrogens (tertiary/aromatic N) is 3. The van der Waals surface area contributed by atoms with E-state index in [9.17, 15) is 0 Å². The maximum Gasteiger partial charge on any atom is 0.141 e. The molecule has 19 heavy (non-hydrogen) atoms. The van der Waals surface area contributed by atoms with Crippen LogP contribution in [0.4, 0.5) is 5.82 Å². The topological polar surface area (TPSA) is 41.1 Å². The third kappa shape index (κ3) is 2.44. The third-order valence-electron chi connectivity index (χ3n) is 3.76. The molecule has 0 bridgehead atoms. The van der Waals surface area contributed by atoms with Gasteiger partial charge in [-0.2, -0.15) is 0 Å². The van der Waals surface area contributed by atoms with Crippen molar-refractivity contribution in [2.75, 3.05) is 24.5 Å². The SMILES string of the molecule is CCN(c1ncnc2sc(C)cc12)C1CCCNC1. The Kier molecular flexibility index (Phi) is 3.66. The van der Waals surface area contributed by atoms with E-state index >= 15 is 0 Å². The highest BCUT2D eigenvalue weighted by molar-refractivity contribution is 7.18. The van der Waals surface area contributed by atoms with E-state index in [1.54, 1.807) is 17.7 Å². The van der Waals surface area contributed by atoms with Crippen LogP contribution in [0.25, 0.3) is 10.2 Å². The largest absolute Gasteiger partial charge is 0.352 e. The maximum absolute atomic E-state index is 4.56. The Bertz CT molecular complexity index is 560. The van der Waals surface area contributed by atoms with Gasteiger partial charge in [-0.1, -0.05) is 0 Å². The van der Waals surface area contributed by atoms with Gasteiger partial charge in [0.15, 0.2) is 0 Å². The zero-order valence-electron chi connectivity index (χ0n) is 11.5. The minimum Gasteiger partial charge on any atom is -0.352 e. The van der Waals surface area contributed by atoms with Crippen molar-refractivity contribution < 1.29 is 0 Å². The number of aryl methyl sites for hydroxylation is 1. The lowest BCUT2D eigenvalue weighted by Gasteiger charge is -2.35. The first-order valence-electron chi connectivity index (χ1n) is 6.98. The molecule has 0 amide bonds. The van der Waals surface area contributed by atoms with Crippen LogP contribution < -0.4 is 10.2 Å². The molecular weight excluding hydrogens is 256 g/mol. The highest BCUT2D eigenvalue weighted by Gasteiger charge is 2.23. The van der Waals surface area contributed by atoms with Crippen LogP contribution in [0.3, 0.4) is 0 Å². The Balaban J connectivity index is 2.00. The minimum atomic E-state index is 0.553. The number of thiophene rings is 1. The molecule has 1 fully saturated rings. The molecule has 2 aromatic heterocycles. The molecule has 0 spiro atoms. The van der Waals surface area contributed by atoms with Crippen molar-refractivity contribution in [1.29, 1.82) is 0 Å². The summed E-state index contributed by atoms with van der Waals surface area (Å²) < 4.78 is 0. The van der Waals surface area contributed by atoms with Crippen LogP contribution in [0.5, 0.6) is 0 Å². The molecule has 3 rings (SSSR count). The second kappa shape index (κ2) is 5.43. The molecule has 1 atom stereocenters. The predicted octanol–water partition coefficient (Wildman–Crippen LogP) is 2.58. The van der Waals surface area contributed by atoms with E-state index in [4.69, 9.17) is 0 Å². The number of hydrogen-bond donors (Lipinski definition) is 1. The fourth-order valence-electron chi connectivity index (χ4n) is 2.87. The fourth-order valence-corrected chi connectivity index (χ4v) is 3.71. The predicted molar refractivity (Wildman–Crippen MR) is 81.1 cm³/mol. The number of aromatic nitrogens is 2. The Morgan fingerprint density at radius 2 is 2.37 bits per heavy atom. The van der Waals surface area contributed by atoms with Crippen LogP contribution >= 0.6 is 11.3 Å². The van der Waals surface area contributed by atoms with Crippen molar-refractivity contribution in [2.45, 2.75) is 32.7 Å². The summed E-state index contributed by atoms with van der Waals surface area (Å²) in [5.41, 5.74) is 0. The molecule has 1 aliphatic rings. The molecule has 102 valence electrons. The summed E-state index contributed by atoms with van der Waals surface area (Å²) in [6, 6.07) is 2.77. The maximum atomic E-state index is 4.56. The molecule has 1 N–H and O–H groups in total. The van der Waals surface area contributed by atoms with Crippen LogP contribution in [-0.2, 0) is 0 Å². The Labute approximate surface area is 117 Å². The Hall–Kier alpha value is -1.20. The lowest BCUT2D eigenvalue weighted by molar-refractivity contribution is 0.434. The minimum absolute atomic E-state index is 0.553. The molecular formula is C14H20N4S. The lowest BCUT2D eigenvalue weighted by Crippen LogP contribution is -2.46. The smallest absolute Gasteiger partial charge is 0.141 e. The number of nitrogens with one attached hydrogen (secondary N) is 1. The van der Waals surface area contributed by atoms with Crippen molar-refractivity contribution in [1.82, 2.24) is 15.3 Å². The van der Waals surface area contributed by atoms with Crippen LogP contribution in [-0.4, -0.2) is 35.6 Å². The molecule has 0 aromatic carbocycles. The van der Waals surface area contributed by atoms with Gasteiger partial charge in [-0.05, 0) is 39.3 Å². The number of anilines is 1. The van der Waals surface area contributed by atoms with E-state index in [2.05, 4.69) is 40.1 Å². The number of piperidine rings is 1. The summed E-state index contributed by atoms with van der Waals surface area (Å²) in [5.74, 6) is 1.10. The molecule has 3 heterocycles. The van der Waals surface area contributed by atoms with E-state index < -0.39 is 0 Å². The van der Waals surface area contributed by atoms with Crippen LogP contribution in [0.2, 0.25) is 0 Å². The van der Waals surface area contributed by atoms with Gasteiger partial charge in [0.1, 0.15) is 17.0 Å². The van der Waals surface area contributed by atoms with Gasteiger partial charge in [-0.15, -0.1) is 11.3 Å². The first-order valence-corrected chi connectivity index (χ1v) is 7.79. The molecule has 1 unspecified atom stereocenters. The van der Waals surface area contributed by atoms with Gasteiger partial charge >= 0.3 is 0 Å². The standard InChI is InChI=1S/C14H20N4S/c1-3-18(11-5-4-6-15-8-11)13-12-7-10(2)19-14(12)17-9-16-13/h7,9,11,15H,3-6,8H2,1-2H3. The number of rotatable bonds is 3. The van der Waals surface area contributed by atoms with Crippen molar-refractivity contribution >= 4 is 27.4 Å². The normalized spacial score (nSPS) is 19.8. The van der Waals surface area contributed by atoms with Gasteiger partial charge in [0.25, 0.3) is 0 Å². The van der Waals surface area contributed by atoms with E-state index in [1.165, 1.54) is 23.1 Å². The summed E-state index contributed by atoms with van der Waals surface area (Å²) >= 11 is 1.75. The fraction of sp³-hybridized carbons (Fsp3) is 0.571. The molecule has 0 radical (unpaired) electrons. The monoisotopic (exact) mass is 276 g/mol. The Morgan fingerprint density at radius 3 is 3.11 bits per heavy atom. The van der Waals surface area contributed by atoms with E-state index in [-0.39, 0.29) is 0 Å². The van der Waals surface area contributed by atoms with Gasteiger partial charge in [0.05, 0.1) is 5.39 Å². The Morgan fingerprint density at radius 1 is 1.47 bits per heavy atom. The number of fused-ring (bicyclic) bond motifs is 1. The van der Waals surface area contributed by atoms with E-state index in [0.29, 0.717) is 6.04 Å². The molecule has 5 heteroatoms. The van der Waals surface area contributed by atoms with Crippen LogP contribution in [0.1, 0.15) is 24.6 Å². The van der Waals surface area contributed by atoms with E-state index in [1.807, 2.05) is 0 Å². The second-order valence-corrected chi connectivity index (χ2v) is 6.29. The van der Waals surface area contributed by atoms with E-state index in [0.717, 1.165) is 30.3 Å². The van der Waals surface area contributed by atoms with Crippen LogP contribution in [0, 0.1) is 6.92 Å². The summed E-state index contributed by atoms with van der Waals surface area (Å²) in [7, 11) is 0. The summed E-state index contributed by atoms with van der Waals surface area (Å²) in [5, 5.41) is 4.70. The first kappa shape index (κ1) is 12.8. The van der Waals surface area contributed by atoms with Crippen LogP contribution in [0.15, 0.2) is 12.4 Å². The highest BCUT2D eigenvalue weighted by atomic mass is 32.1. The first-order chi connectivity index (χ1) is 9.29. The average molecular weight is 276 g/mol. The van der Waals surface area contributed by atoms with Crippen molar-refractivity contribution in [3.63, 3.8) is 0 Å². The highest BCUT2D eigenvalue weighted by Crippen LogP contribution is 2.31. The van der Waals surface area contributed by atoms with Gasteiger partial charge in [-0.25, -0.2) is 9.97 Å². The third-order valence-corrected chi connectivity index (χ3v) is 4.71. The summed E-state index contributed by atoms with van der Waals surface area (Å²) in [6.07, 6.45) is 4.19. The van der Waals surface area contributed by atoms with Gasteiger partial charge in [0, 0.05) is 24.0 Å².